The molecular formula is C26H21N3O4. The molecule has 0 aliphatic carbocycles. The first-order valence-corrected chi connectivity index (χ1v) is 10.2. The Labute approximate surface area is 190 Å². The van der Waals surface area contributed by atoms with Gasteiger partial charge in [0.2, 0.25) is 0 Å². The summed E-state index contributed by atoms with van der Waals surface area (Å²) in [6.07, 6.45) is 2.90. The van der Waals surface area contributed by atoms with E-state index >= 15 is 0 Å². The zero-order chi connectivity index (χ0) is 23.5. The zero-order valence-corrected chi connectivity index (χ0v) is 18.1. The van der Waals surface area contributed by atoms with E-state index < -0.39 is 4.92 Å². The van der Waals surface area contributed by atoms with Gasteiger partial charge in [0.05, 0.1) is 27.3 Å². The number of aromatic nitrogens is 2. The summed E-state index contributed by atoms with van der Waals surface area (Å²) >= 11 is 0. The van der Waals surface area contributed by atoms with Gasteiger partial charge in [-0.1, -0.05) is 59.7 Å². The summed E-state index contributed by atoms with van der Waals surface area (Å²) in [6, 6.07) is 18.8. The fourth-order valence-corrected chi connectivity index (χ4v) is 3.27. The third kappa shape index (κ3) is 4.88. The van der Waals surface area contributed by atoms with Crippen molar-refractivity contribution in [3.8, 4) is 0 Å². The van der Waals surface area contributed by atoms with Gasteiger partial charge in [0.1, 0.15) is 11.5 Å². The average Bonchev–Trinajstić information content (AvgIpc) is 2.79. The van der Waals surface area contributed by atoms with Crippen molar-refractivity contribution >= 4 is 40.4 Å². The number of nitrogens with zero attached hydrogens (tertiary/aromatic N) is 3. The number of aliphatic hydroxyl groups excluding tert-OH is 2. The highest BCUT2D eigenvalue weighted by atomic mass is 16.6. The molecule has 164 valence electrons. The van der Waals surface area contributed by atoms with E-state index in [1.165, 1.54) is 30.4 Å². The normalized spacial score (nSPS) is 12.2. The molecule has 0 unspecified atom stereocenters. The molecule has 3 aromatic carbocycles. The molecule has 1 heterocycles. The molecule has 7 heteroatoms. The van der Waals surface area contributed by atoms with E-state index in [1.54, 1.807) is 24.3 Å². The van der Waals surface area contributed by atoms with Gasteiger partial charge in [-0.3, -0.25) is 10.1 Å². The molecule has 0 saturated carbocycles. The summed E-state index contributed by atoms with van der Waals surface area (Å²) in [4.78, 5) is 19.7. The second kappa shape index (κ2) is 8.92. The second-order valence-electron chi connectivity index (χ2n) is 7.72. The van der Waals surface area contributed by atoms with E-state index in [-0.39, 0.29) is 22.9 Å². The van der Waals surface area contributed by atoms with E-state index in [9.17, 15) is 20.3 Å². The molecule has 0 saturated heterocycles. The van der Waals surface area contributed by atoms with Crippen molar-refractivity contribution in [1.29, 1.82) is 0 Å². The van der Waals surface area contributed by atoms with Gasteiger partial charge in [0.15, 0.2) is 0 Å². The fourth-order valence-electron chi connectivity index (χ4n) is 3.27. The van der Waals surface area contributed by atoms with Crippen LogP contribution in [0.3, 0.4) is 0 Å². The summed E-state index contributed by atoms with van der Waals surface area (Å²) < 4.78 is 0. The number of rotatable bonds is 5. The molecule has 2 N–H and O–H groups in total. The van der Waals surface area contributed by atoms with Crippen LogP contribution in [0.15, 0.2) is 66.7 Å². The number of aryl methyl sites for hydroxylation is 2. The molecular weight excluding hydrogens is 418 g/mol. The third-order valence-corrected chi connectivity index (χ3v) is 5.16. The first-order valence-electron chi connectivity index (χ1n) is 10.2. The highest BCUT2D eigenvalue weighted by Crippen LogP contribution is 2.25. The van der Waals surface area contributed by atoms with Gasteiger partial charge in [0.25, 0.3) is 5.69 Å². The van der Waals surface area contributed by atoms with E-state index in [1.807, 2.05) is 38.1 Å². The number of hydrogen-bond acceptors (Lipinski definition) is 6. The molecule has 0 radical (unpaired) electrons. The summed E-state index contributed by atoms with van der Waals surface area (Å²) in [5.74, 6) is -0.0615. The SMILES string of the molecule is Cc1ccc(/C(O)=C/c2nc3cc([N+](=O)[O-])ccc3nc2/C=C(/O)c2ccc(C)cc2)cc1. The quantitative estimate of drug-likeness (QED) is 0.216. The van der Waals surface area contributed by atoms with E-state index in [2.05, 4.69) is 9.97 Å². The smallest absolute Gasteiger partial charge is 0.271 e. The van der Waals surface area contributed by atoms with Crippen LogP contribution in [0.4, 0.5) is 5.69 Å². The van der Waals surface area contributed by atoms with Crippen molar-refractivity contribution in [3.05, 3.63) is 110 Å². The summed E-state index contributed by atoms with van der Waals surface area (Å²) in [6.45, 7) is 3.90. The Bertz CT molecular complexity index is 1410. The van der Waals surface area contributed by atoms with Crippen LogP contribution < -0.4 is 0 Å². The monoisotopic (exact) mass is 439 g/mol. The van der Waals surface area contributed by atoms with Crippen LogP contribution in [-0.4, -0.2) is 25.1 Å². The lowest BCUT2D eigenvalue weighted by Gasteiger charge is -2.07. The van der Waals surface area contributed by atoms with Gasteiger partial charge in [0, 0.05) is 35.4 Å². The molecule has 0 aliphatic rings. The zero-order valence-electron chi connectivity index (χ0n) is 18.1. The molecule has 0 spiro atoms. The van der Waals surface area contributed by atoms with Crippen molar-refractivity contribution in [2.24, 2.45) is 0 Å². The van der Waals surface area contributed by atoms with Crippen LogP contribution in [0.1, 0.15) is 33.6 Å². The highest BCUT2D eigenvalue weighted by Gasteiger charge is 2.13. The lowest BCUT2D eigenvalue weighted by Crippen LogP contribution is -1.98. The van der Waals surface area contributed by atoms with Crippen LogP contribution in [0.2, 0.25) is 0 Å². The first kappa shape index (κ1) is 21.7. The standard InChI is InChI=1S/C26H21N3O4/c1-16-3-7-18(8-4-16)25(30)14-23-24(15-26(31)19-9-5-17(2)6-10-19)28-22-13-20(29(32)33)11-12-21(22)27-23/h3-15,30-31H,1-2H3/b25-14+,26-15-. The minimum Gasteiger partial charge on any atom is -0.507 e. The lowest BCUT2D eigenvalue weighted by molar-refractivity contribution is -0.384. The number of aliphatic hydroxyl groups is 2. The maximum atomic E-state index is 11.2. The van der Waals surface area contributed by atoms with Gasteiger partial charge in [-0.05, 0) is 19.9 Å². The van der Waals surface area contributed by atoms with Gasteiger partial charge < -0.3 is 10.2 Å². The number of fused-ring (bicyclic) bond motifs is 1. The fraction of sp³-hybridized carbons (Fsp3) is 0.0769. The maximum absolute atomic E-state index is 11.2. The maximum Gasteiger partial charge on any atom is 0.271 e. The molecule has 33 heavy (non-hydrogen) atoms. The largest absolute Gasteiger partial charge is 0.507 e. The first-order chi connectivity index (χ1) is 15.8. The minimum atomic E-state index is -0.503. The Kier molecular flexibility index (Phi) is 5.87. The molecule has 0 aliphatic heterocycles. The van der Waals surface area contributed by atoms with Crippen LogP contribution in [0.25, 0.3) is 34.7 Å². The Balaban J connectivity index is 1.87. The van der Waals surface area contributed by atoms with Crippen molar-refractivity contribution in [3.63, 3.8) is 0 Å². The Morgan fingerprint density at radius 3 is 1.67 bits per heavy atom. The number of nitro benzene ring substituents is 1. The molecule has 4 aromatic rings. The predicted molar refractivity (Wildman–Crippen MR) is 130 cm³/mol. The number of benzene rings is 3. The highest BCUT2D eigenvalue weighted by molar-refractivity contribution is 5.86. The van der Waals surface area contributed by atoms with Gasteiger partial charge in [-0.15, -0.1) is 0 Å². The number of nitro groups is 1. The molecule has 0 amide bonds. The number of hydrogen-bond donors (Lipinski definition) is 2. The van der Waals surface area contributed by atoms with Gasteiger partial charge in [-0.2, -0.15) is 0 Å². The van der Waals surface area contributed by atoms with Gasteiger partial charge in [-0.25, -0.2) is 9.97 Å². The molecule has 0 bridgehead atoms. The molecule has 7 nitrogen and oxygen atoms in total. The lowest BCUT2D eigenvalue weighted by atomic mass is 10.1. The van der Waals surface area contributed by atoms with E-state index in [0.717, 1.165) is 11.1 Å². The third-order valence-electron chi connectivity index (χ3n) is 5.16. The van der Waals surface area contributed by atoms with Crippen molar-refractivity contribution in [1.82, 2.24) is 9.97 Å². The summed E-state index contributed by atoms with van der Waals surface area (Å²) in [5.41, 5.74) is 4.49. The van der Waals surface area contributed by atoms with E-state index in [4.69, 9.17) is 0 Å². The topological polar surface area (TPSA) is 109 Å². The predicted octanol–water partition coefficient (Wildman–Crippen LogP) is 6.27. The molecule has 1 aromatic heterocycles. The van der Waals surface area contributed by atoms with Crippen molar-refractivity contribution in [2.45, 2.75) is 13.8 Å². The average molecular weight is 439 g/mol. The Morgan fingerprint density at radius 2 is 1.21 bits per heavy atom. The Hall–Kier alpha value is -4.52. The van der Waals surface area contributed by atoms with Crippen molar-refractivity contribution < 1.29 is 15.1 Å². The Morgan fingerprint density at radius 1 is 0.758 bits per heavy atom. The molecule has 0 atom stereocenters. The summed E-state index contributed by atoms with van der Waals surface area (Å²) in [7, 11) is 0. The second-order valence-corrected chi connectivity index (χ2v) is 7.72. The summed E-state index contributed by atoms with van der Waals surface area (Å²) in [5, 5.41) is 32.5. The molecule has 4 rings (SSSR count). The van der Waals surface area contributed by atoms with Gasteiger partial charge >= 0.3 is 0 Å². The van der Waals surface area contributed by atoms with Crippen LogP contribution in [0.5, 0.6) is 0 Å². The van der Waals surface area contributed by atoms with E-state index in [0.29, 0.717) is 27.9 Å². The molecule has 0 fully saturated rings. The van der Waals surface area contributed by atoms with Crippen LogP contribution in [0, 0.1) is 24.0 Å². The van der Waals surface area contributed by atoms with Crippen LogP contribution >= 0.6 is 0 Å². The van der Waals surface area contributed by atoms with Crippen LogP contribution in [-0.2, 0) is 0 Å². The van der Waals surface area contributed by atoms with Crippen molar-refractivity contribution in [2.75, 3.05) is 0 Å². The minimum absolute atomic E-state index is 0.0185. The number of non-ortho nitro benzene ring substituents is 1.